The van der Waals surface area contributed by atoms with E-state index < -0.39 is 0 Å². The van der Waals surface area contributed by atoms with Crippen LogP contribution >= 0.6 is 0 Å². The maximum atomic E-state index is 14.9. The van der Waals surface area contributed by atoms with Gasteiger partial charge < -0.3 is 20.1 Å². The van der Waals surface area contributed by atoms with E-state index in [1.807, 2.05) is 36.4 Å². The van der Waals surface area contributed by atoms with Gasteiger partial charge in [0.15, 0.2) is 11.6 Å². The first-order valence-electron chi connectivity index (χ1n) is 11.3. The summed E-state index contributed by atoms with van der Waals surface area (Å²) in [4.78, 5) is 2.44. The largest absolute Gasteiger partial charge is 0.486 e. The Bertz CT molecular complexity index is 795. The molecule has 5 heteroatoms. The lowest BCUT2D eigenvalue weighted by molar-refractivity contribution is 0.0447. The van der Waals surface area contributed by atoms with Gasteiger partial charge in [-0.05, 0) is 42.0 Å². The van der Waals surface area contributed by atoms with Crippen LogP contribution in [0.4, 0.5) is 4.39 Å². The fourth-order valence-electron chi connectivity index (χ4n) is 4.87. The van der Waals surface area contributed by atoms with E-state index in [4.69, 9.17) is 4.74 Å². The van der Waals surface area contributed by atoms with Crippen molar-refractivity contribution in [1.29, 1.82) is 0 Å². The van der Waals surface area contributed by atoms with E-state index in [2.05, 4.69) is 10.2 Å². The summed E-state index contributed by atoms with van der Waals surface area (Å²) in [5, 5.41) is 14.1. The Labute approximate surface area is 179 Å². The van der Waals surface area contributed by atoms with E-state index in [1.165, 1.54) is 0 Å². The Morgan fingerprint density at radius 1 is 1.07 bits per heavy atom. The number of hydrogen-bond acceptors (Lipinski definition) is 4. The Morgan fingerprint density at radius 3 is 2.57 bits per heavy atom. The lowest BCUT2D eigenvalue weighted by atomic mass is 9.74. The van der Waals surface area contributed by atoms with Gasteiger partial charge >= 0.3 is 0 Å². The van der Waals surface area contributed by atoms with Crippen molar-refractivity contribution in [3.05, 3.63) is 65.5 Å². The number of halogens is 1. The number of nitrogens with one attached hydrogen (secondary N) is 1. The van der Waals surface area contributed by atoms with Crippen LogP contribution in [0.5, 0.6) is 5.75 Å². The maximum Gasteiger partial charge on any atom is 0.165 e. The van der Waals surface area contributed by atoms with Gasteiger partial charge in [-0.3, -0.25) is 0 Å². The summed E-state index contributed by atoms with van der Waals surface area (Å²) in [6.45, 7) is 5.19. The molecule has 0 amide bonds. The molecule has 2 N–H and O–H groups in total. The number of ether oxygens (including phenoxy) is 1. The monoisotopic (exact) mass is 412 g/mol. The summed E-state index contributed by atoms with van der Waals surface area (Å²) in [5.41, 5.74) is 1.99. The van der Waals surface area contributed by atoms with Gasteiger partial charge in [-0.2, -0.15) is 0 Å². The number of benzene rings is 2. The highest BCUT2D eigenvalue weighted by molar-refractivity contribution is 5.32. The standard InChI is InChI=1S/C25H33FN2O2/c26-23-16-20(10-11-25(23)30-18-19-6-2-1-3-7-19)22(17-28-14-12-27-13-15-28)21-8-4-5-9-24(21)29/h1-3,6-7,10-11,16,21-22,24,27,29H,4-5,8-9,12-15,17-18H2. The molecule has 2 aromatic rings. The van der Waals surface area contributed by atoms with Crippen LogP contribution in [-0.2, 0) is 6.61 Å². The maximum absolute atomic E-state index is 14.9. The van der Waals surface area contributed by atoms with Crippen molar-refractivity contribution in [3.8, 4) is 5.75 Å². The van der Waals surface area contributed by atoms with Crippen molar-refractivity contribution in [2.75, 3.05) is 32.7 Å². The average molecular weight is 413 g/mol. The van der Waals surface area contributed by atoms with Gasteiger partial charge in [-0.15, -0.1) is 0 Å². The van der Waals surface area contributed by atoms with Crippen molar-refractivity contribution in [1.82, 2.24) is 10.2 Å². The first kappa shape index (κ1) is 21.3. The van der Waals surface area contributed by atoms with Crippen LogP contribution in [0.1, 0.15) is 42.7 Å². The van der Waals surface area contributed by atoms with Gasteiger partial charge in [0.05, 0.1) is 6.10 Å². The quantitative estimate of drug-likeness (QED) is 0.723. The lowest BCUT2D eigenvalue weighted by Gasteiger charge is -2.38. The molecule has 0 spiro atoms. The molecule has 1 aliphatic carbocycles. The van der Waals surface area contributed by atoms with Crippen LogP contribution in [0, 0.1) is 11.7 Å². The molecule has 4 nitrogen and oxygen atoms in total. The molecule has 1 saturated carbocycles. The number of aliphatic hydroxyl groups excluding tert-OH is 1. The zero-order chi connectivity index (χ0) is 20.8. The number of aliphatic hydroxyl groups is 1. The topological polar surface area (TPSA) is 44.7 Å². The normalized spacial score (nSPS) is 23.8. The van der Waals surface area contributed by atoms with Gasteiger partial charge in [0.1, 0.15) is 6.61 Å². The molecule has 30 heavy (non-hydrogen) atoms. The van der Waals surface area contributed by atoms with E-state index in [9.17, 15) is 9.50 Å². The molecule has 0 radical (unpaired) electrons. The molecular weight excluding hydrogens is 379 g/mol. The molecule has 1 aliphatic heterocycles. The van der Waals surface area contributed by atoms with E-state index in [-0.39, 0.29) is 29.5 Å². The van der Waals surface area contributed by atoms with Crippen LogP contribution in [0.25, 0.3) is 0 Å². The molecule has 0 bridgehead atoms. The summed E-state index contributed by atoms with van der Waals surface area (Å²) in [5.74, 6) is 0.284. The number of hydrogen-bond donors (Lipinski definition) is 2. The van der Waals surface area contributed by atoms with Crippen LogP contribution in [0.2, 0.25) is 0 Å². The molecule has 1 heterocycles. The third-order valence-electron chi connectivity index (χ3n) is 6.58. The Morgan fingerprint density at radius 2 is 1.83 bits per heavy atom. The second kappa shape index (κ2) is 10.4. The minimum Gasteiger partial charge on any atom is -0.486 e. The molecule has 3 atom stereocenters. The minimum atomic E-state index is -0.320. The zero-order valence-corrected chi connectivity index (χ0v) is 17.6. The predicted molar refractivity (Wildman–Crippen MR) is 117 cm³/mol. The van der Waals surface area contributed by atoms with E-state index in [1.54, 1.807) is 12.1 Å². The molecule has 2 aliphatic rings. The van der Waals surface area contributed by atoms with Crippen LogP contribution < -0.4 is 10.1 Å². The summed E-state index contributed by atoms with van der Waals surface area (Å²) in [7, 11) is 0. The van der Waals surface area contributed by atoms with Crippen LogP contribution in [-0.4, -0.2) is 48.8 Å². The Balaban J connectivity index is 1.51. The molecule has 1 saturated heterocycles. The number of piperazine rings is 1. The molecule has 0 aromatic heterocycles. The van der Waals surface area contributed by atoms with Crippen LogP contribution in [0.3, 0.4) is 0 Å². The highest BCUT2D eigenvalue weighted by atomic mass is 19.1. The second-order valence-corrected chi connectivity index (χ2v) is 8.64. The first-order valence-corrected chi connectivity index (χ1v) is 11.3. The average Bonchev–Trinajstić information content (AvgIpc) is 2.79. The fourth-order valence-corrected chi connectivity index (χ4v) is 4.87. The summed E-state index contributed by atoms with van der Waals surface area (Å²) >= 11 is 0. The summed E-state index contributed by atoms with van der Waals surface area (Å²) in [6, 6.07) is 15.2. The Hall–Kier alpha value is -1.95. The van der Waals surface area contributed by atoms with Crippen molar-refractivity contribution in [2.45, 2.75) is 44.3 Å². The molecule has 3 unspecified atom stereocenters. The number of rotatable bonds is 7. The van der Waals surface area contributed by atoms with Gasteiger partial charge in [-0.25, -0.2) is 4.39 Å². The van der Waals surface area contributed by atoms with Crippen molar-refractivity contribution in [3.63, 3.8) is 0 Å². The third kappa shape index (κ3) is 5.39. The highest BCUT2D eigenvalue weighted by Crippen LogP contribution is 2.38. The van der Waals surface area contributed by atoms with E-state index >= 15 is 0 Å². The van der Waals surface area contributed by atoms with Gasteiger partial charge in [-0.1, -0.05) is 49.2 Å². The third-order valence-corrected chi connectivity index (χ3v) is 6.58. The van der Waals surface area contributed by atoms with Crippen molar-refractivity contribution >= 4 is 0 Å². The fraction of sp³-hybridized carbons (Fsp3) is 0.520. The van der Waals surface area contributed by atoms with Gasteiger partial charge in [0.25, 0.3) is 0 Å². The molecular formula is C25H33FN2O2. The van der Waals surface area contributed by atoms with Gasteiger partial charge in [0, 0.05) is 38.6 Å². The SMILES string of the molecule is OC1CCCCC1C(CN1CCNCC1)c1ccc(OCc2ccccc2)c(F)c1. The Kier molecular flexibility index (Phi) is 7.37. The van der Waals surface area contributed by atoms with Crippen LogP contribution in [0.15, 0.2) is 48.5 Å². The lowest BCUT2D eigenvalue weighted by Crippen LogP contribution is -2.46. The first-order chi connectivity index (χ1) is 14.7. The molecule has 162 valence electrons. The van der Waals surface area contributed by atoms with E-state index in [0.717, 1.165) is 69.5 Å². The van der Waals surface area contributed by atoms with Gasteiger partial charge in [0.2, 0.25) is 0 Å². The summed E-state index contributed by atoms with van der Waals surface area (Å²) in [6.07, 6.45) is 3.78. The molecule has 2 aromatic carbocycles. The summed E-state index contributed by atoms with van der Waals surface area (Å²) < 4.78 is 20.7. The molecule has 2 fully saturated rings. The highest BCUT2D eigenvalue weighted by Gasteiger charge is 2.33. The molecule has 4 rings (SSSR count). The smallest absolute Gasteiger partial charge is 0.165 e. The van der Waals surface area contributed by atoms with Crippen molar-refractivity contribution < 1.29 is 14.2 Å². The predicted octanol–water partition coefficient (Wildman–Crippen LogP) is 3.94. The minimum absolute atomic E-state index is 0.135. The second-order valence-electron chi connectivity index (χ2n) is 8.64. The van der Waals surface area contributed by atoms with Crippen molar-refractivity contribution in [2.24, 2.45) is 5.92 Å². The number of nitrogens with zero attached hydrogens (tertiary/aromatic N) is 1. The zero-order valence-electron chi connectivity index (χ0n) is 17.6. The van der Waals surface area contributed by atoms with E-state index in [0.29, 0.717) is 6.61 Å².